The van der Waals surface area contributed by atoms with E-state index in [0.29, 0.717) is 13.2 Å². The number of alkyl halides is 3. The molecule has 0 bridgehead atoms. The molecular formula is C23H31F3N2O2. The number of hydrogen-bond donors (Lipinski definition) is 1. The molecule has 0 saturated heterocycles. The van der Waals surface area contributed by atoms with Gasteiger partial charge in [-0.15, -0.1) is 0 Å². The summed E-state index contributed by atoms with van der Waals surface area (Å²) in [7, 11) is 5.62. The number of methoxy groups -OCH3 is 1. The monoisotopic (exact) mass is 424 g/mol. The molecule has 1 atom stereocenters. The highest BCUT2D eigenvalue weighted by Gasteiger charge is 2.29. The van der Waals surface area contributed by atoms with Crippen LogP contribution in [0.4, 0.5) is 13.2 Å². The molecule has 0 aliphatic rings. The number of nitrogens with zero attached hydrogens (tertiary/aromatic N) is 1. The summed E-state index contributed by atoms with van der Waals surface area (Å²) in [4.78, 5) is 2.06. The summed E-state index contributed by atoms with van der Waals surface area (Å²) in [5.41, 5.74) is 1.35. The smallest absolute Gasteiger partial charge is 0.416 e. The Morgan fingerprint density at radius 2 is 1.67 bits per heavy atom. The maximum Gasteiger partial charge on any atom is 0.416 e. The van der Waals surface area contributed by atoms with E-state index in [0.717, 1.165) is 54.1 Å². The minimum Gasteiger partial charge on any atom is -0.493 e. The number of benzene rings is 2. The number of halogens is 3. The van der Waals surface area contributed by atoms with E-state index in [1.165, 1.54) is 12.1 Å². The van der Waals surface area contributed by atoms with Gasteiger partial charge >= 0.3 is 6.18 Å². The first kappa shape index (κ1) is 24.0. The van der Waals surface area contributed by atoms with Gasteiger partial charge in [0.25, 0.3) is 0 Å². The molecule has 2 aromatic rings. The van der Waals surface area contributed by atoms with Gasteiger partial charge < -0.3 is 19.7 Å². The van der Waals surface area contributed by atoms with Crippen molar-refractivity contribution in [1.29, 1.82) is 0 Å². The highest BCUT2D eigenvalue weighted by Crippen LogP contribution is 2.30. The average molecular weight is 425 g/mol. The van der Waals surface area contributed by atoms with Crippen molar-refractivity contribution in [3.8, 4) is 11.5 Å². The molecule has 166 valence electrons. The summed E-state index contributed by atoms with van der Waals surface area (Å²) in [6.45, 7) is 4.02. The quantitative estimate of drug-likeness (QED) is 0.564. The van der Waals surface area contributed by atoms with Gasteiger partial charge in [-0.25, -0.2) is 0 Å². The molecule has 2 rings (SSSR count). The van der Waals surface area contributed by atoms with E-state index >= 15 is 0 Å². The predicted molar refractivity (Wildman–Crippen MR) is 113 cm³/mol. The van der Waals surface area contributed by atoms with Crippen molar-refractivity contribution in [1.82, 2.24) is 10.2 Å². The summed E-state index contributed by atoms with van der Waals surface area (Å²) >= 11 is 0. The zero-order valence-electron chi connectivity index (χ0n) is 18.1. The number of aryl methyl sites for hydroxylation is 1. The largest absolute Gasteiger partial charge is 0.493 e. The molecule has 0 heterocycles. The van der Waals surface area contributed by atoms with Crippen molar-refractivity contribution >= 4 is 0 Å². The number of rotatable bonds is 11. The highest BCUT2D eigenvalue weighted by molar-refractivity contribution is 5.43. The minimum absolute atomic E-state index is 0.217. The van der Waals surface area contributed by atoms with E-state index in [2.05, 4.69) is 17.1 Å². The van der Waals surface area contributed by atoms with E-state index in [4.69, 9.17) is 9.47 Å². The number of ether oxygens (including phenoxy) is 2. The van der Waals surface area contributed by atoms with Crippen LogP contribution in [0.5, 0.6) is 11.5 Å². The van der Waals surface area contributed by atoms with Crippen molar-refractivity contribution < 1.29 is 22.6 Å². The Morgan fingerprint density at radius 3 is 2.27 bits per heavy atom. The second kappa shape index (κ2) is 11.2. The molecule has 0 spiro atoms. The summed E-state index contributed by atoms with van der Waals surface area (Å²) < 4.78 is 49.1. The van der Waals surface area contributed by atoms with E-state index in [1.54, 1.807) is 7.11 Å². The normalized spacial score (nSPS) is 12.8. The van der Waals surface area contributed by atoms with Crippen LogP contribution in [0.15, 0.2) is 42.5 Å². The zero-order chi connectivity index (χ0) is 22.1. The van der Waals surface area contributed by atoms with Crippen LogP contribution >= 0.6 is 0 Å². The molecule has 0 aromatic heterocycles. The van der Waals surface area contributed by atoms with Gasteiger partial charge in [-0.05, 0) is 69.3 Å². The van der Waals surface area contributed by atoms with Crippen LogP contribution in [-0.2, 0) is 19.1 Å². The van der Waals surface area contributed by atoms with Crippen LogP contribution in [0.3, 0.4) is 0 Å². The number of nitrogens with one attached hydrogen (secondary N) is 1. The van der Waals surface area contributed by atoms with Crippen LogP contribution in [0, 0.1) is 0 Å². The fraction of sp³-hybridized carbons (Fsp3) is 0.478. The third kappa shape index (κ3) is 7.88. The lowest BCUT2D eigenvalue weighted by molar-refractivity contribution is -0.137. The third-order valence-electron chi connectivity index (χ3n) is 4.83. The van der Waals surface area contributed by atoms with E-state index in [9.17, 15) is 13.2 Å². The Kier molecular flexibility index (Phi) is 8.99. The maximum absolute atomic E-state index is 12.6. The van der Waals surface area contributed by atoms with E-state index < -0.39 is 11.7 Å². The van der Waals surface area contributed by atoms with Crippen molar-refractivity contribution in [2.75, 3.05) is 34.4 Å². The van der Waals surface area contributed by atoms with Gasteiger partial charge in [-0.1, -0.05) is 18.2 Å². The predicted octanol–water partition coefficient (Wildman–Crippen LogP) is 4.77. The van der Waals surface area contributed by atoms with Crippen LogP contribution in [0.1, 0.15) is 30.0 Å². The lowest BCUT2D eigenvalue weighted by Gasteiger charge is -2.16. The third-order valence-corrected chi connectivity index (χ3v) is 4.83. The van der Waals surface area contributed by atoms with Crippen LogP contribution < -0.4 is 14.8 Å². The maximum atomic E-state index is 12.6. The summed E-state index contributed by atoms with van der Waals surface area (Å²) in [6, 6.07) is 11.5. The fourth-order valence-electron chi connectivity index (χ4n) is 2.91. The molecule has 30 heavy (non-hydrogen) atoms. The molecular weight excluding hydrogens is 393 g/mol. The molecule has 0 fully saturated rings. The standard InChI is InChI=1S/C23H31F3N2O2/c1-17(27-16-19-7-10-20(11-8-19)23(24,25)26)5-6-18-9-12-21(22(15-18)29-4)30-14-13-28(2)3/h7-12,15,17,27H,5-6,13-14,16H2,1-4H3. The Morgan fingerprint density at radius 1 is 1.00 bits per heavy atom. The first-order valence-electron chi connectivity index (χ1n) is 10.0. The summed E-state index contributed by atoms with van der Waals surface area (Å²) in [5.74, 6) is 1.45. The molecule has 1 N–H and O–H groups in total. The van der Waals surface area contributed by atoms with Crippen molar-refractivity contribution in [2.24, 2.45) is 0 Å². The Bertz CT molecular complexity index is 777. The molecule has 7 heteroatoms. The fourth-order valence-corrected chi connectivity index (χ4v) is 2.91. The lowest BCUT2D eigenvalue weighted by Crippen LogP contribution is -2.26. The topological polar surface area (TPSA) is 33.7 Å². The van der Waals surface area contributed by atoms with Crippen LogP contribution in [-0.4, -0.2) is 45.3 Å². The molecule has 1 unspecified atom stereocenters. The van der Waals surface area contributed by atoms with Crippen molar-refractivity contribution in [3.05, 3.63) is 59.2 Å². The Hall–Kier alpha value is -2.25. The van der Waals surface area contributed by atoms with Crippen molar-refractivity contribution in [2.45, 2.75) is 38.5 Å². The first-order chi connectivity index (χ1) is 14.2. The SMILES string of the molecule is COc1cc(CCC(C)NCc2ccc(C(F)(F)F)cc2)ccc1OCCN(C)C. The molecule has 0 aliphatic heterocycles. The Labute approximate surface area is 177 Å². The molecule has 0 aliphatic carbocycles. The van der Waals surface area contributed by atoms with Gasteiger partial charge in [0.2, 0.25) is 0 Å². The molecule has 2 aromatic carbocycles. The Balaban J connectivity index is 1.81. The number of hydrogen-bond acceptors (Lipinski definition) is 4. The minimum atomic E-state index is -4.30. The first-order valence-corrected chi connectivity index (χ1v) is 10.0. The van der Waals surface area contributed by atoms with Crippen LogP contribution in [0.2, 0.25) is 0 Å². The van der Waals surface area contributed by atoms with Gasteiger partial charge in [0.1, 0.15) is 6.61 Å². The second-order valence-electron chi connectivity index (χ2n) is 7.65. The number of likely N-dealkylation sites (N-methyl/N-ethyl adjacent to an activating group) is 1. The van der Waals surface area contributed by atoms with Gasteiger partial charge in [0, 0.05) is 19.1 Å². The highest BCUT2D eigenvalue weighted by atomic mass is 19.4. The van der Waals surface area contributed by atoms with Gasteiger partial charge in [0.15, 0.2) is 11.5 Å². The van der Waals surface area contributed by atoms with E-state index in [1.807, 2.05) is 32.3 Å². The summed E-state index contributed by atoms with van der Waals surface area (Å²) in [5, 5.41) is 3.36. The average Bonchev–Trinajstić information content (AvgIpc) is 2.70. The summed E-state index contributed by atoms with van der Waals surface area (Å²) in [6.07, 6.45) is -2.55. The van der Waals surface area contributed by atoms with Gasteiger partial charge in [0.05, 0.1) is 12.7 Å². The lowest BCUT2D eigenvalue weighted by atomic mass is 10.0. The van der Waals surface area contributed by atoms with E-state index in [-0.39, 0.29) is 6.04 Å². The molecule has 0 amide bonds. The van der Waals surface area contributed by atoms with Crippen molar-refractivity contribution in [3.63, 3.8) is 0 Å². The molecule has 4 nitrogen and oxygen atoms in total. The molecule has 0 saturated carbocycles. The zero-order valence-corrected chi connectivity index (χ0v) is 18.1. The molecule has 0 radical (unpaired) electrons. The van der Waals surface area contributed by atoms with Crippen LogP contribution in [0.25, 0.3) is 0 Å². The van der Waals surface area contributed by atoms with Gasteiger partial charge in [-0.3, -0.25) is 0 Å². The second-order valence-corrected chi connectivity index (χ2v) is 7.65. The van der Waals surface area contributed by atoms with Gasteiger partial charge in [-0.2, -0.15) is 13.2 Å².